The molecule has 0 saturated carbocycles. The molecule has 0 aliphatic rings. The molecule has 3 aromatic rings. The minimum atomic E-state index is -3.32. The molecule has 3 rings (SSSR count). The summed E-state index contributed by atoms with van der Waals surface area (Å²) < 4.78 is 24.3. The monoisotopic (exact) mass is 420 g/mol. The topological polar surface area (TPSA) is 54.0 Å². The van der Waals surface area contributed by atoms with Crippen molar-refractivity contribution in [1.82, 2.24) is 0 Å². The molecule has 0 spiro atoms. The standard InChI is InChI=1S/C24H24O5Si/c1-2-24(25)26-19-12-20-30(27-21-13-6-3-7-14-21,28-22-15-8-4-9-16-22)29-23-17-10-5-11-18-23/h2-11,13-18H,1,12,19-20H2. The molecule has 0 atom stereocenters. The fraction of sp³-hybridized carbons (Fsp3) is 0.125. The lowest BCUT2D eigenvalue weighted by molar-refractivity contribution is -0.137. The first-order valence-electron chi connectivity index (χ1n) is 9.70. The van der Waals surface area contributed by atoms with Crippen molar-refractivity contribution in [2.24, 2.45) is 0 Å². The van der Waals surface area contributed by atoms with E-state index < -0.39 is 14.8 Å². The van der Waals surface area contributed by atoms with E-state index in [-0.39, 0.29) is 6.61 Å². The van der Waals surface area contributed by atoms with Gasteiger partial charge in [-0.3, -0.25) is 0 Å². The zero-order valence-electron chi connectivity index (χ0n) is 16.6. The normalized spacial score (nSPS) is 10.7. The summed E-state index contributed by atoms with van der Waals surface area (Å²) in [5, 5.41) is 0. The van der Waals surface area contributed by atoms with Crippen LogP contribution in [0.1, 0.15) is 6.42 Å². The highest BCUT2D eigenvalue weighted by atomic mass is 28.4. The van der Waals surface area contributed by atoms with E-state index in [0.717, 1.165) is 6.08 Å². The van der Waals surface area contributed by atoms with Gasteiger partial charge in [0.2, 0.25) is 0 Å². The van der Waals surface area contributed by atoms with Gasteiger partial charge in [0.15, 0.2) is 0 Å². The van der Waals surface area contributed by atoms with Crippen LogP contribution < -0.4 is 13.3 Å². The van der Waals surface area contributed by atoms with Gasteiger partial charge >= 0.3 is 14.8 Å². The molecule has 6 heteroatoms. The fourth-order valence-corrected chi connectivity index (χ4v) is 5.23. The predicted octanol–water partition coefficient (Wildman–Crippen LogP) is 5.28. The maximum atomic E-state index is 11.4. The molecule has 0 N–H and O–H groups in total. The molecular formula is C24H24O5Si. The maximum Gasteiger partial charge on any atom is 0.699 e. The molecule has 3 aromatic carbocycles. The Kier molecular flexibility index (Phi) is 7.69. The second kappa shape index (κ2) is 10.9. The van der Waals surface area contributed by atoms with Crippen molar-refractivity contribution >= 4 is 14.8 Å². The highest BCUT2D eigenvalue weighted by Gasteiger charge is 2.49. The Morgan fingerprint density at radius 3 is 1.50 bits per heavy atom. The Hall–Kier alpha value is -3.51. The first-order valence-corrected chi connectivity index (χ1v) is 11.6. The van der Waals surface area contributed by atoms with Gasteiger partial charge < -0.3 is 18.0 Å². The number of ether oxygens (including phenoxy) is 1. The Morgan fingerprint density at radius 1 is 0.733 bits per heavy atom. The van der Waals surface area contributed by atoms with Crippen molar-refractivity contribution in [1.29, 1.82) is 0 Å². The van der Waals surface area contributed by atoms with E-state index in [1.807, 2.05) is 91.0 Å². The van der Waals surface area contributed by atoms with Gasteiger partial charge in [0.1, 0.15) is 17.2 Å². The van der Waals surface area contributed by atoms with E-state index >= 15 is 0 Å². The summed E-state index contributed by atoms with van der Waals surface area (Å²) in [6.07, 6.45) is 1.66. The van der Waals surface area contributed by atoms with Crippen molar-refractivity contribution in [2.45, 2.75) is 12.5 Å². The fourth-order valence-electron chi connectivity index (χ4n) is 2.74. The molecule has 0 unspecified atom stereocenters. The average molecular weight is 421 g/mol. The van der Waals surface area contributed by atoms with Crippen molar-refractivity contribution in [3.63, 3.8) is 0 Å². The van der Waals surface area contributed by atoms with Gasteiger partial charge in [0, 0.05) is 6.08 Å². The van der Waals surface area contributed by atoms with Crippen LogP contribution in [-0.2, 0) is 9.53 Å². The third kappa shape index (κ3) is 6.53. The van der Waals surface area contributed by atoms with Crippen LogP contribution in [-0.4, -0.2) is 21.4 Å². The molecule has 0 amide bonds. The minimum Gasteiger partial charge on any atom is -0.483 e. The average Bonchev–Trinajstić information content (AvgIpc) is 2.78. The second-order valence-electron chi connectivity index (χ2n) is 6.40. The number of para-hydroxylation sites is 3. The van der Waals surface area contributed by atoms with Gasteiger partial charge in [-0.05, 0) is 42.8 Å². The maximum absolute atomic E-state index is 11.4. The molecule has 0 aromatic heterocycles. The molecule has 0 saturated heterocycles. The summed E-state index contributed by atoms with van der Waals surface area (Å²) in [6, 6.07) is 28.7. The quantitative estimate of drug-likeness (QED) is 0.183. The molecule has 5 nitrogen and oxygen atoms in total. The lowest BCUT2D eigenvalue weighted by Gasteiger charge is -2.30. The van der Waals surface area contributed by atoms with Crippen LogP contribution in [0.15, 0.2) is 104 Å². The first kappa shape index (κ1) is 21.2. The zero-order chi connectivity index (χ0) is 21.1. The summed E-state index contributed by atoms with van der Waals surface area (Å²) >= 11 is 0. The van der Waals surface area contributed by atoms with Gasteiger partial charge in [-0.15, -0.1) is 0 Å². The second-order valence-corrected chi connectivity index (χ2v) is 8.88. The minimum absolute atomic E-state index is 0.216. The SMILES string of the molecule is C=CC(=O)OCCC[Si](Oc1ccccc1)(Oc1ccccc1)Oc1ccccc1. The van der Waals surface area contributed by atoms with Crippen molar-refractivity contribution in [3.05, 3.63) is 104 Å². The lowest BCUT2D eigenvalue weighted by Crippen LogP contribution is -2.55. The van der Waals surface area contributed by atoms with Crippen molar-refractivity contribution in [2.75, 3.05) is 6.61 Å². The first-order chi connectivity index (χ1) is 14.7. The summed E-state index contributed by atoms with van der Waals surface area (Å²) in [5.74, 6) is 1.50. The Bertz CT molecular complexity index is 815. The van der Waals surface area contributed by atoms with Crippen LogP contribution >= 0.6 is 0 Å². The van der Waals surface area contributed by atoms with Gasteiger partial charge in [-0.25, -0.2) is 4.79 Å². The molecule has 0 radical (unpaired) electrons. The molecule has 0 aliphatic carbocycles. The molecule has 0 fully saturated rings. The molecule has 154 valence electrons. The van der Waals surface area contributed by atoms with E-state index in [2.05, 4.69) is 6.58 Å². The number of benzene rings is 3. The number of rotatable bonds is 11. The van der Waals surface area contributed by atoms with Gasteiger partial charge in [0.05, 0.1) is 12.7 Å². The van der Waals surface area contributed by atoms with Gasteiger partial charge in [0.25, 0.3) is 0 Å². The molecule has 0 aliphatic heterocycles. The predicted molar refractivity (Wildman–Crippen MR) is 118 cm³/mol. The summed E-state index contributed by atoms with van der Waals surface area (Å²) in [5.41, 5.74) is 0. The van der Waals surface area contributed by atoms with Crippen LogP contribution in [0.25, 0.3) is 0 Å². The van der Waals surface area contributed by atoms with Crippen LogP contribution in [0.3, 0.4) is 0 Å². The molecule has 30 heavy (non-hydrogen) atoms. The Morgan fingerprint density at radius 2 is 1.13 bits per heavy atom. The number of hydrogen-bond acceptors (Lipinski definition) is 5. The third-order valence-electron chi connectivity index (χ3n) is 4.09. The van der Waals surface area contributed by atoms with Gasteiger partial charge in [-0.1, -0.05) is 61.2 Å². The highest BCUT2D eigenvalue weighted by molar-refractivity contribution is 6.63. The lowest BCUT2D eigenvalue weighted by atomic mass is 10.3. The Labute approximate surface area is 177 Å². The number of carbonyl (C=O) groups is 1. The van der Waals surface area contributed by atoms with E-state index in [0.29, 0.717) is 29.7 Å². The van der Waals surface area contributed by atoms with Crippen molar-refractivity contribution in [3.8, 4) is 17.2 Å². The van der Waals surface area contributed by atoms with E-state index in [1.165, 1.54) is 0 Å². The molecule has 0 heterocycles. The van der Waals surface area contributed by atoms with Gasteiger partial charge in [-0.2, -0.15) is 0 Å². The summed E-state index contributed by atoms with van der Waals surface area (Å²) in [6.45, 7) is 3.63. The number of carbonyl (C=O) groups excluding carboxylic acids is 1. The highest BCUT2D eigenvalue weighted by Crippen LogP contribution is 2.27. The van der Waals surface area contributed by atoms with E-state index in [4.69, 9.17) is 18.0 Å². The number of esters is 1. The Balaban J connectivity index is 1.88. The third-order valence-corrected chi connectivity index (χ3v) is 6.69. The van der Waals surface area contributed by atoms with Crippen LogP contribution in [0.2, 0.25) is 6.04 Å². The van der Waals surface area contributed by atoms with Crippen LogP contribution in [0.5, 0.6) is 17.2 Å². The van der Waals surface area contributed by atoms with Crippen LogP contribution in [0.4, 0.5) is 0 Å². The molecular weight excluding hydrogens is 396 g/mol. The zero-order valence-corrected chi connectivity index (χ0v) is 17.6. The van der Waals surface area contributed by atoms with E-state index in [1.54, 1.807) is 0 Å². The van der Waals surface area contributed by atoms with E-state index in [9.17, 15) is 4.79 Å². The summed E-state index contributed by atoms with van der Waals surface area (Å²) in [4.78, 5) is 11.4. The smallest absolute Gasteiger partial charge is 0.483 e. The van der Waals surface area contributed by atoms with Crippen molar-refractivity contribution < 1.29 is 22.8 Å². The van der Waals surface area contributed by atoms with Crippen LogP contribution in [0, 0.1) is 0 Å². The number of hydrogen-bond donors (Lipinski definition) is 0. The molecule has 0 bridgehead atoms. The largest absolute Gasteiger partial charge is 0.699 e. The summed E-state index contributed by atoms with van der Waals surface area (Å²) in [7, 11) is -3.32.